The largest absolute Gasteiger partial charge is 0.393 e. The molecule has 2 fully saturated rings. The Bertz CT molecular complexity index is 316. The molecule has 0 aliphatic carbocycles. The predicted octanol–water partition coefficient (Wildman–Crippen LogP) is -0.0481. The van der Waals surface area contributed by atoms with Crippen molar-refractivity contribution in [3.05, 3.63) is 0 Å². The highest BCUT2D eigenvalue weighted by Gasteiger charge is 2.31. The molecular formula is C10H19NO4S. The summed E-state index contributed by atoms with van der Waals surface area (Å²) in [5.41, 5.74) is 0. The second-order valence-corrected chi connectivity index (χ2v) is 6.56. The maximum absolute atomic E-state index is 12.0. The molecule has 0 amide bonds. The van der Waals surface area contributed by atoms with E-state index in [9.17, 15) is 13.5 Å². The number of piperidine rings is 1. The van der Waals surface area contributed by atoms with Gasteiger partial charge in [0.2, 0.25) is 10.0 Å². The maximum atomic E-state index is 12.0. The third-order valence-corrected chi connectivity index (χ3v) is 5.18. The number of hydrogen-bond donors (Lipinski definition) is 1. The van der Waals surface area contributed by atoms with Gasteiger partial charge in [0.05, 0.1) is 18.0 Å². The third kappa shape index (κ3) is 2.94. The van der Waals surface area contributed by atoms with Crippen molar-refractivity contribution in [2.45, 2.75) is 37.9 Å². The van der Waals surface area contributed by atoms with Gasteiger partial charge >= 0.3 is 0 Å². The lowest BCUT2D eigenvalue weighted by Crippen LogP contribution is -2.43. The average molecular weight is 249 g/mol. The van der Waals surface area contributed by atoms with Crippen LogP contribution < -0.4 is 0 Å². The first-order chi connectivity index (χ1) is 7.58. The van der Waals surface area contributed by atoms with Crippen LogP contribution in [0, 0.1) is 0 Å². The quantitative estimate of drug-likeness (QED) is 0.761. The summed E-state index contributed by atoms with van der Waals surface area (Å²) in [6.07, 6.45) is 2.43. The molecule has 0 aromatic heterocycles. The van der Waals surface area contributed by atoms with E-state index in [1.807, 2.05) is 0 Å². The zero-order valence-electron chi connectivity index (χ0n) is 9.34. The van der Waals surface area contributed by atoms with Crippen molar-refractivity contribution in [2.75, 3.05) is 25.4 Å². The van der Waals surface area contributed by atoms with Crippen molar-refractivity contribution in [2.24, 2.45) is 0 Å². The minimum atomic E-state index is -3.19. The molecule has 0 saturated carbocycles. The summed E-state index contributed by atoms with van der Waals surface area (Å²) < 4.78 is 30.9. The van der Waals surface area contributed by atoms with Crippen molar-refractivity contribution in [3.63, 3.8) is 0 Å². The number of nitrogens with zero attached hydrogens (tertiary/aromatic N) is 1. The van der Waals surface area contributed by atoms with E-state index in [1.165, 1.54) is 4.31 Å². The summed E-state index contributed by atoms with van der Waals surface area (Å²) in [6, 6.07) is 0. The highest BCUT2D eigenvalue weighted by molar-refractivity contribution is 7.89. The average Bonchev–Trinajstić information content (AvgIpc) is 2.70. The van der Waals surface area contributed by atoms with Gasteiger partial charge in [-0.25, -0.2) is 12.7 Å². The van der Waals surface area contributed by atoms with E-state index in [-0.39, 0.29) is 18.0 Å². The van der Waals surface area contributed by atoms with E-state index >= 15 is 0 Å². The van der Waals surface area contributed by atoms with Crippen LogP contribution in [0.3, 0.4) is 0 Å². The molecule has 2 aliphatic heterocycles. The van der Waals surface area contributed by atoms with Crippen molar-refractivity contribution in [3.8, 4) is 0 Å². The number of aliphatic hydroxyl groups excluding tert-OH is 1. The topological polar surface area (TPSA) is 66.8 Å². The van der Waals surface area contributed by atoms with E-state index in [0.717, 1.165) is 12.8 Å². The minimum Gasteiger partial charge on any atom is -0.393 e. The van der Waals surface area contributed by atoms with Crippen LogP contribution in [0.1, 0.15) is 25.7 Å². The molecule has 0 aromatic rings. The van der Waals surface area contributed by atoms with E-state index in [2.05, 4.69) is 0 Å². The summed E-state index contributed by atoms with van der Waals surface area (Å²) in [7, 11) is -3.19. The zero-order chi connectivity index (χ0) is 11.6. The molecule has 5 nitrogen and oxygen atoms in total. The lowest BCUT2D eigenvalue weighted by molar-refractivity contribution is 0.109. The number of ether oxygens (including phenoxy) is 1. The van der Waals surface area contributed by atoms with Crippen LogP contribution in [0.4, 0.5) is 0 Å². The van der Waals surface area contributed by atoms with Gasteiger partial charge < -0.3 is 9.84 Å². The van der Waals surface area contributed by atoms with Crippen LogP contribution >= 0.6 is 0 Å². The van der Waals surface area contributed by atoms with E-state index in [4.69, 9.17) is 4.74 Å². The van der Waals surface area contributed by atoms with Crippen LogP contribution in [-0.2, 0) is 14.8 Å². The van der Waals surface area contributed by atoms with Gasteiger partial charge in [-0.15, -0.1) is 0 Å². The Labute approximate surface area is 96.4 Å². The van der Waals surface area contributed by atoms with Crippen molar-refractivity contribution < 1.29 is 18.3 Å². The predicted molar refractivity (Wildman–Crippen MR) is 59.6 cm³/mol. The van der Waals surface area contributed by atoms with Crippen LogP contribution in [0.25, 0.3) is 0 Å². The van der Waals surface area contributed by atoms with Gasteiger partial charge in [-0.3, -0.25) is 0 Å². The Morgan fingerprint density at radius 3 is 2.50 bits per heavy atom. The normalized spacial score (nSPS) is 29.7. The molecule has 1 atom stereocenters. The molecular weight excluding hydrogens is 230 g/mol. The SMILES string of the molecule is O=S(=O)(CC1CCCO1)N1CCC(O)CC1. The Balaban J connectivity index is 1.90. The van der Waals surface area contributed by atoms with Gasteiger partial charge in [-0.1, -0.05) is 0 Å². The first-order valence-corrected chi connectivity index (χ1v) is 7.46. The molecule has 2 heterocycles. The van der Waals surface area contributed by atoms with Crippen LogP contribution in [0.5, 0.6) is 0 Å². The fourth-order valence-electron chi connectivity index (χ4n) is 2.24. The Morgan fingerprint density at radius 1 is 1.25 bits per heavy atom. The highest BCUT2D eigenvalue weighted by atomic mass is 32.2. The van der Waals surface area contributed by atoms with E-state index < -0.39 is 10.0 Å². The van der Waals surface area contributed by atoms with Gasteiger partial charge in [0.1, 0.15) is 0 Å². The molecule has 6 heteroatoms. The van der Waals surface area contributed by atoms with Gasteiger partial charge in [0.25, 0.3) is 0 Å². The number of rotatable bonds is 3. The maximum Gasteiger partial charge on any atom is 0.216 e. The van der Waals surface area contributed by atoms with Crippen molar-refractivity contribution in [1.82, 2.24) is 4.31 Å². The van der Waals surface area contributed by atoms with Gasteiger partial charge in [-0.2, -0.15) is 0 Å². The minimum absolute atomic E-state index is 0.100. The summed E-state index contributed by atoms with van der Waals surface area (Å²) >= 11 is 0. The Kier molecular flexibility index (Phi) is 3.84. The molecule has 2 saturated heterocycles. The summed E-state index contributed by atoms with van der Waals surface area (Å²) in [5, 5.41) is 9.33. The molecule has 94 valence electrons. The standard InChI is InChI=1S/C10H19NO4S/c12-9-3-5-11(6-4-9)16(13,14)8-10-2-1-7-15-10/h9-10,12H,1-8H2. The molecule has 2 rings (SSSR count). The van der Waals surface area contributed by atoms with E-state index in [0.29, 0.717) is 32.5 Å². The monoisotopic (exact) mass is 249 g/mol. The van der Waals surface area contributed by atoms with Gasteiger partial charge in [0.15, 0.2) is 0 Å². The lowest BCUT2D eigenvalue weighted by Gasteiger charge is -2.29. The lowest BCUT2D eigenvalue weighted by atomic mass is 10.1. The van der Waals surface area contributed by atoms with Crippen molar-refractivity contribution >= 4 is 10.0 Å². The Morgan fingerprint density at radius 2 is 1.94 bits per heavy atom. The number of hydrogen-bond acceptors (Lipinski definition) is 4. The van der Waals surface area contributed by atoms with Crippen LogP contribution in [-0.4, -0.2) is 55.5 Å². The van der Waals surface area contributed by atoms with Crippen LogP contribution in [0.2, 0.25) is 0 Å². The smallest absolute Gasteiger partial charge is 0.216 e. The third-order valence-electron chi connectivity index (χ3n) is 3.24. The number of aliphatic hydroxyl groups is 1. The fourth-order valence-corrected chi connectivity index (χ4v) is 3.95. The second-order valence-electron chi connectivity index (χ2n) is 4.54. The highest BCUT2D eigenvalue weighted by Crippen LogP contribution is 2.19. The fraction of sp³-hybridized carbons (Fsp3) is 1.00. The first-order valence-electron chi connectivity index (χ1n) is 5.85. The Hall–Kier alpha value is -0.170. The van der Waals surface area contributed by atoms with Crippen LogP contribution in [0.15, 0.2) is 0 Å². The van der Waals surface area contributed by atoms with E-state index in [1.54, 1.807) is 0 Å². The molecule has 1 N–H and O–H groups in total. The molecule has 0 aromatic carbocycles. The first kappa shape index (κ1) is 12.3. The molecule has 2 aliphatic rings. The van der Waals surface area contributed by atoms with Crippen molar-refractivity contribution in [1.29, 1.82) is 0 Å². The van der Waals surface area contributed by atoms with Gasteiger partial charge in [0, 0.05) is 19.7 Å². The second kappa shape index (κ2) is 5.00. The molecule has 0 bridgehead atoms. The molecule has 0 spiro atoms. The summed E-state index contributed by atoms with van der Waals surface area (Å²) in [5.74, 6) is 0.100. The molecule has 16 heavy (non-hydrogen) atoms. The molecule has 1 unspecified atom stereocenters. The summed E-state index contributed by atoms with van der Waals surface area (Å²) in [6.45, 7) is 1.56. The molecule has 0 radical (unpaired) electrons. The zero-order valence-corrected chi connectivity index (χ0v) is 10.2. The van der Waals surface area contributed by atoms with Gasteiger partial charge in [-0.05, 0) is 25.7 Å². The number of sulfonamides is 1. The summed E-state index contributed by atoms with van der Waals surface area (Å²) in [4.78, 5) is 0.